The molecule has 0 aromatic rings. The second kappa shape index (κ2) is 16.6. The van der Waals surface area contributed by atoms with Crippen molar-refractivity contribution >= 4 is 29.7 Å². The highest BCUT2D eigenvalue weighted by atomic mass is 16.4. The fraction of sp³-hybridized carbons (Fsp3) is 0.722. The standard InChI is InChI=1S/C18H36N8O7/c19-6-2-1-5-11(17(32)33)24-15(30)13(9-28)26-16(31)12(8-27)25-14(29)10(20)4-3-7-23-18(21)22/h10-13,27-28H,1-9,19-20H2,(H,24,30)(H,25,29)(H,26,31)(H,32,33)(H4,21,22,23). The van der Waals surface area contributed by atoms with Gasteiger partial charge in [-0.25, -0.2) is 4.79 Å². The molecule has 0 saturated heterocycles. The largest absolute Gasteiger partial charge is 0.480 e. The molecular formula is C18H36N8O7. The van der Waals surface area contributed by atoms with Gasteiger partial charge >= 0.3 is 5.97 Å². The van der Waals surface area contributed by atoms with Gasteiger partial charge in [-0.15, -0.1) is 0 Å². The van der Waals surface area contributed by atoms with Crippen molar-refractivity contribution in [3.05, 3.63) is 0 Å². The third-order valence-electron chi connectivity index (χ3n) is 4.50. The maximum atomic E-state index is 12.4. The first-order chi connectivity index (χ1) is 15.6. The van der Waals surface area contributed by atoms with Crippen molar-refractivity contribution in [2.24, 2.45) is 27.9 Å². The number of aliphatic hydroxyl groups is 2. The zero-order valence-corrected chi connectivity index (χ0v) is 18.4. The van der Waals surface area contributed by atoms with Crippen molar-refractivity contribution in [3.8, 4) is 0 Å². The van der Waals surface area contributed by atoms with Crippen LogP contribution in [0.1, 0.15) is 32.1 Å². The van der Waals surface area contributed by atoms with Gasteiger partial charge in [-0.05, 0) is 38.6 Å². The predicted octanol–water partition coefficient (Wildman–Crippen LogP) is -4.98. The summed E-state index contributed by atoms with van der Waals surface area (Å²) in [6, 6.07) is -5.21. The number of aliphatic hydroxyl groups excluding tert-OH is 2. The second-order valence-electron chi connectivity index (χ2n) is 7.23. The smallest absolute Gasteiger partial charge is 0.326 e. The summed E-state index contributed by atoms with van der Waals surface area (Å²) in [7, 11) is 0. The number of aliphatic carboxylic acids is 1. The first-order valence-corrected chi connectivity index (χ1v) is 10.4. The van der Waals surface area contributed by atoms with Crippen molar-refractivity contribution in [2.45, 2.75) is 56.3 Å². The minimum Gasteiger partial charge on any atom is -0.480 e. The van der Waals surface area contributed by atoms with Crippen LogP contribution in [0, 0.1) is 0 Å². The molecule has 0 aromatic carbocycles. The zero-order valence-electron chi connectivity index (χ0n) is 18.4. The number of hydrogen-bond donors (Lipinski definition) is 10. The predicted molar refractivity (Wildman–Crippen MR) is 118 cm³/mol. The fourth-order valence-corrected chi connectivity index (χ4v) is 2.61. The van der Waals surface area contributed by atoms with Gasteiger partial charge in [0.2, 0.25) is 17.7 Å². The lowest BCUT2D eigenvalue weighted by Gasteiger charge is -2.23. The SMILES string of the molecule is NCCCCC(NC(=O)C(CO)NC(=O)C(CO)NC(=O)C(N)CCCN=C(N)N)C(=O)O. The van der Waals surface area contributed by atoms with E-state index in [0.717, 1.165) is 0 Å². The van der Waals surface area contributed by atoms with Gasteiger partial charge in [0.25, 0.3) is 0 Å². The fourth-order valence-electron chi connectivity index (χ4n) is 2.61. The molecule has 0 heterocycles. The number of carboxylic acid groups (broad SMARTS) is 1. The molecule has 0 aliphatic heterocycles. The molecule has 0 saturated carbocycles. The normalized spacial score (nSPS) is 14.3. The van der Waals surface area contributed by atoms with E-state index < -0.39 is 61.1 Å². The van der Waals surface area contributed by atoms with Crippen LogP contribution in [-0.4, -0.2) is 95.4 Å². The molecule has 0 aliphatic carbocycles. The lowest BCUT2D eigenvalue weighted by atomic mass is 10.1. The first-order valence-electron chi connectivity index (χ1n) is 10.4. The minimum absolute atomic E-state index is 0.0993. The Kier molecular flexibility index (Phi) is 15.1. The van der Waals surface area contributed by atoms with Gasteiger partial charge in [-0.1, -0.05) is 0 Å². The number of carbonyl (C=O) groups is 4. The van der Waals surface area contributed by atoms with Crippen LogP contribution >= 0.6 is 0 Å². The highest BCUT2D eigenvalue weighted by Gasteiger charge is 2.29. The molecule has 190 valence electrons. The van der Waals surface area contributed by atoms with Crippen molar-refractivity contribution in [1.29, 1.82) is 0 Å². The molecule has 4 atom stereocenters. The molecule has 3 amide bonds. The van der Waals surface area contributed by atoms with Crippen LogP contribution in [0.2, 0.25) is 0 Å². The monoisotopic (exact) mass is 476 g/mol. The van der Waals surface area contributed by atoms with Gasteiger partial charge in [0.15, 0.2) is 5.96 Å². The molecule has 0 radical (unpaired) electrons. The average Bonchev–Trinajstić information content (AvgIpc) is 2.76. The number of rotatable bonds is 17. The Balaban J connectivity index is 4.85. The molecule has 0 fully saturated rings. The van der Waals surface area contributed by atoms with E-state index >= 15 is 0 Å². The lowest BCUT2D eigenvalue weighted by molar-refractivity contribution is -0.142. The number of aliphatic imine (C=N–C) groups is 1. The number of guanidine groups is 1. The van der Waals surface area contributed by atoms with Crippen molar-refractivity contribution in [3.63, 3.8) is 0 Å². The Morgan fingerprint density at radius 1 is 0.788 bits per heavy atom. The van der Waals surface area contributed by atoms with Crippen LogP contribution in [0.25, 0.3) is 0 Å². The highest BCUT2D eigenvalue weighted by Crippen LogP contribution is 2.02. The number of unbranched alkanes of at least 4 members (excludes halogenated alkanes) is 1. The highest BCUT2D eigenvalue weighted by molar-refractivity contribution is 5.94. The van der Waals surface area contributed by atoms with Crippen LogP contribution in [0.15, 0.2) is 4.99 Å². The van der Waals surface area contributed by atoms with E-state index in [4.69, 9.17) is 22.9 Å². The number of nitrogens with zero attached hydrogens (tertiary/aromatic N) is 1. The summed E-state index contributed by atoms with van der Waals surface area (Å²) < 4.78 is 0. The average molecular weight is 477 g/mol. The molecule has 15 heteroatoms. The number of nitrogens with two attached hydrogens (primary N) is 4. The maximum Gasteiger partial charge on any atom is 0.326 e. The summed E-state index contributed by atoms with van der Waals surface area (Å²) in [4.78, 5) is 51.9. The summed E-state index contributed by atoms with van der Waals surface area (Å²) in [5.41, 5.74) is 21.5. The van der Waals surface area contributed by atoms with Gasteiger partial charge < -0.3 is 54.2 Å². The van der Waals surface area contributed by atoms with E-state index in [1.807, 2.05) is 0 Å². The van der Waals surface area contributed by atoms with Crippen molar-refractivity contribution in [1.82, 2.24) is 16.0 Å². The van der Waals surface area contributed by atoms with Crippen molar-refractivity contribution in [2.75, 3.05) is 26.3 Å². The van der Waals surface area contributed by atoms with Crippen LogP contribution < -0.4 is 38.9 Å². The minimum atomic E-state index is -1.51. The number of carbonyl (C=O) groups excluding carboxylic acids is 3. The van der Waals surface area contributed by atoms with Gasteiger partial charge in [0.05, 0.1) is 19.3 Å². The topological polar surface area (TPSA) is 282 Å². The van der Waals surface area contributed by atoms with E-state index in [0.29, 0.717) is 25.8 Å². The van der Waals surface area contributed by atoms with Crippen LogP contribution in [0.5, 0.6) is 0 Å². The Bertz CT molecular complexity index is 672. The van der Waals surface area contributed by atoms with Gasteiger partial charge in [0.1, 0.15) is 18.1 Å². The molecule has 4 unspecified atom stereocenters. The summed E-state index contributed by atoms with van der Waals surface area (Å²) >= 11 is 0. The van der Waals surface area contributed by atoms with Crippen LogP contribution in [-0.2, 0) is 19.2 Å². The Morgan fingerprint density at radius 3 is 1.76 bits per heavy atom. The van der Waals surface area contributed by atoms with Gasteiger partial charge in [-0.3, -0.25) is 19.4 Å². The molecule has 0 bridgehead atoms. The first kappa shape index (κ1) is 30.0. The summed E-state index contributed by atoms with van der Waals surface area (Å²) in [6.45, 7) is -1.04. The third-order valence-corrected chi connectivity index (χ3v) is 4.50. The molecule has 14 N–H and O–H groups in total. The van der Waals surface area contributed by atoms with Gasteiger partial charge in [0, 0.05) is 6.54 Å². The van der Waals surface area contributed by atoms with E-state index in [1.165, 1.54) is 0 Å². The molecule has 33 heavy (non-hydrogen) atoms. The quantitative estimate of drug-likeness (QED) is 0.0538. The lowest BCUT2D eigenvalue weighted by Crippen LogP contribution is -2.59. The molecule has 0 rings (SSSR count). The Labute approximate surface area is 191 Å². The van der Waals surface area contributed by atoms with Crippen molar-refractivity contribution < 1.29 is 34.5 Å². The summed E-state index contributed by atoms with van der Waals surface area (Å²) in [5.74, 6) is -4.02. The summed E-state index contributed by atoms with van der Waals surface area (Å²) in [6.07, 6.45) is 1.72. The van der Waals surface area contributed by atoms with E-state index in [-0.39, 0.29) is 25.3 Å². The number of nitrogens with one attached hydrogen (secondary N) is 3. The molecule has 15 nitrogen and oxygen atoms in total. The Hall–Kier alpha value is -3.01. The third kappa shape index (κ3) is 12.6. The van der Waals surface area contributed by atoms with E-state index in [1.54, 1.807) is 0 Å². The number of hydrogen-bond acceptors (Lipinski definition) is 9. The molecule has 0 aromatic heterocycles. The number of amides is 3. The molecular weight excluding hydrogens is 440 g/mol. The van der Waals surface area contributed by atoms with E-state index in [2.05, 4.69) is 20.9 Å². The summed E-state index contributed by atoms with van der Waals surface area (Å²) in [5, 5.41) is 34.8. The maximum absolute atomic E-state index is 12.4. The number of carboxylic acids is 1. The Morgan fingerprint density at radius 2 is 1.30 bits per heavy atom. The van der Waals surface area contributed by atoms with Crippen LogP contribution in [0.4, 0.5) is 0 Å². The van der Waals surface area contributed by atoms with Crippen LogP contribution in [0.3, 0.4) is 0 Å². The van der Waals surface area contributed by atoms with E-state index in [9.17, 15) is 34.5 Å². The molecule has 0 spiro atoms. The van der Waals surface area contributed by atoms with Gasteiger partial charge in [-0.2, -0.15) is 0 Å². The zero-order chi connectivity index (χ0) is 25.4. The second-order valence-corrected chi connectivity index (χ2v) is 7.23. The molecule has 0 aliphatic rings.